The van der Waals surface area contributed by atoms with Crippen LogP contribution in [0.5, 0.6) is 5.88 Å². The van der Waals surface area contributed by atoms with Crippen LogP contribution in [-0.2, 0) is 10.9 Å². The Morgan fingerprint density at radius 1 is 1.00 bits per heavy atom. The highest BCUT2D eigenvalue weighted by Crippen LogP contribution is 2.40. The number of ether oxygens (including phenoxy) is 2. The zero-order valence-corrected chi connectivity index (χ0v) is 16.7. The van der Waals surface area contributed by atoms with Crippen molar-refractivity contribution in [1.82, 2.24) is 4.98 Å². The molecule has 2 saturated heterocycles. The summed E-state index contributed by atoms with van der Waals surface area (Å²) in [7, 11) is 0. The zero-order chi connectivity index (χ0) is 21.4. The normalized spacial score (nSPS) is 20.7. The summed E-state index contributed by atoms with van der Waals surface area (Å²) < 4.78 is 49.6. The fraction of sp³-hybridized carbons (Fsp3) is 0.292. The van der Waals surface area contributed by atoms with E-state index >= 15 is 0 Å². The molecule has 7 heteroatoms. The maximum Gasteiger partial charge on any atom is 0.417 e. The third-order valence-corrected chi connectivity index (χ3v) is 5.65. The second-order valence-electron chi connectivity index (χ2n) is 7.82. The number of epoxide rings is 1. The van der Waals surface area contributed by atoms with E-state index in [9.17, 15) is 13.2 Å². The number of benzene rings is 2. The average molecular weight is 426 g/mol. The summed E-state index contributed by atoms with van der Waals surface area (Å²) in [5.74, 6) is 0.213. The Morgan fingerprint density at radius 2 is 1.81 bits per heavy atom. The van der Waals surface area contributed by atoms with E-state index in [-0.39, 0.29) is 18.1 Å². The highest BCUT2D eigenvalue weighted by atomic mass is 19.4. The second kappa shape index (κ2) is 7.89. The molecule has 2 fully saturated rings. The highest BCUT2D eigenvalue weighted by Gasteiger charge is 2.33. The van der Waals surface area contributed by atoms with E-state index in [2.05, 4.69) is 40.2 Å². The van der Waals surface area contributed by atoms with Crippen molar-refractivity contribution in [3.8, 4) is 17.0 Å². The van der Waals surface area contributed by atoms with Gasteiger partial charge in [0.15, 0.2) is 0 Å². The van der Waals surface area contributed by atoms with E-state index in [0.717, 1.165) is 47.6 Å². The fourth-order valence-electron chi connectivity index (χ4n) is 3.97. The van der Waals surface area contributed by atoms with Gasteiger partial charge < -0.3 is 14.4 Å². The van der Waals surface area contributed by atoms with Gasteiger partial charge in [0.1, 0.15) is 12.2 Å². The largest absolute Gasteiger partial charge is 0.472 e. The van der Waals surface area contributed by atoms with Gasteiger partial charge in [0.05, 0.1) is 18.7 Å². The lowest BCUT2D eigenvalue weighted by atomic mass is 10.00. The maximum absolute atomic E-state index is 12.7. The summed E-state index contributed by atoms with van der Waals surface area (Å²) >= 11 is 0. The lowest BCUT2D eigenvalue weighted by Gasteiger charge is -2.22. The van der Waals surface area contributed by atoms with Gasteiger partial charge in [0.25, 0.3) is 0 Å². The lowest BCUT2D eigenvalue weighted by Crippen LogP contribution is -2.25. The fourth-order valence-corrected chi connectivity index (χ4v) is 3.97. The van der Waals surface area contributed by atoms with Crippen molar-refractivity contribution >= 4 is 5.69 Å². The number of anilines is 1. The summed E-state index contributed by atoms with van der Waals surface area (Å²) in [6, 6.07) is 18.9. The second-order valence-corrected chi connectivity index (χ2v) is 7.82. The number of aromatic nitrogens is 1. The number of nitrogens with zero attached hydrogens (tertiary/aromatic N) is 2. The van der Waals surface area contributed by atoms with E-state index in [4.69, 9.17) is 9.47 Å². The van der Waals surface area contributed by atoms with Crippen LogP contribution in [0.25, 0.3) is 11.1 Å². The van der Waals surface area contributed by atoms with Crippen molar-refractivity contribution in [3.05, 3.63) is 78.0 Å². The van der Waals surface area contributed by atoms with Gasteiger partial charge >= 0.3 is 6.18 Å². The predicted molar refractivity (Wildman–Crippen MR) is 111 cm³/mol. The van der Waals surface area contributed by atoms with Gasteiger partial charge in [-0.25, -0.2) is 4.98 Å². The van der Waals surface area contributed by atoms with Crippen LogP contribution >= 0.6 is 0 Å². The molecule has 0 saturated carbocycles. The molecule has 0 bridgehead atoms. The Bertz CT molecular complexity index is 1050. The first-order chi connectivity index (χ1) is 15.0. The van der Waals surface area contributed by atoms with Gasteiger partial charge in [0, 0.05) is 36.5 Å². The minimum absolute atomic E-state index is 0.107. The lowest BCUT2D eigenvalue weighted by molar-refractivity contribution is -0.137. The molecule has 0 radical (unpaired) electrons. The Kier molecular flexibility index (Phi) is 5.06. The van der Waals surface area contributed by atoms with E-state index in [1.165, 1.54) is 6.07 Å². The molecular formula is C24H21F3N2O2. The van der Waals surface area contributed by atoms with Gasteiger partial charge in [0.2, 0.25) is 5.88 Å². The SMILES string of the molecule is FC(F)(F)c1ccc(OC2CCN(c3ccc(-c4ccccc4)cc3C3CO3)C2)nc1. The van der Waals surface area contributed by atoms with Crippen molar-refractivity contribution in [2.24, 2.45) is 0 Å². The third kappa shape index (κ3) is 4.37. The molecule has 0 N–H and O–H groups in total. The quantitative estimate of drug-likeness (QED) is 0.505. The topological polar surface area (TPSA) is 37.9 Å². The summed E-state index contributed by atoms with van der Waals surface area (Å²) in [4.78, 5) is 6.08. The van der Waals surface area contributed by atoms with Crippen LogP contribution in [0.1, 0.15) is 23.7 Å². The summed E-state index contributed by atoms with van der Waals surface area (Å²) in [6.45, 7) is 2.16. The number of halogens is 3. The van der Waals surface area contributed by atoms with Crippen LogP contribution in [0.2, 0.25) is 0 Å². The molecule has 2 atom stereocenters. The highest BCUT2D eigenvalue weighted by molar-refractivity contribution is 5.70. The van der Waals surface area contributed by atoms with Crippen molar-refractivity contribution in [3.63, 3.8) is 0 Å². The van der Waals surface area contributed by atoms with Crippen LogP contribution in [0, 0.1) is 0 Å². The number of rotatable bonds is 5. The Balaban J connectivity index is 1.30. The molecule has 0 amide bonds. The molecular weight excluding hydrogens is 405 g/mol. The molecule has 2 unspecified atom stereocenters. The van der Waals surface area contributed by atoms with Gasteiger partial charge in [-0.3, -0.25) is 0 Å². The molecule has 4 nitrogen and oxygen atoms in total. The first-order valence-electron chi connectivity index (χ1n) is 10.2. The van der Waals surface area contributed by atoms with Crippen LogP contribution in [0.4, 0.5) is 18.9 Å². The molecule has 5 rings (SSSR count). The number of alkyl halides is 3. The molecule has 160 valence electrons. The van der Waals surface area contributed by atoms with Crippen LogP contribution < -0.4 is 9.64 Å². The van der Waals surface area contributed by atoms with Crippen molar-refractivity contribution in [2.75, 3.05) is 24.6 Å². The molecule has 2 aliphatic heterocycles. The van der Waals surface area contributed by atoms with E-state index in [1.807, 2.05) is 18.2 Å². The number of hydrogen-bond donors (Lipinski definition) is 0. The Hall–Kier alpha value is -3.06. The summed E-state index contributed by atoms with van der Waals surface area (Å²) in [5.41, 5.74) is 3.81. The van der Waals surface area contributed by atoms with Crippen molar-refractivity contribution < 1.29 is 22.6 Å². The number of pyridine rings is 1. The number of hydrogen-bond acceptors (Lipinski definition) is 4. The smallest absolute Gasteiger partial charge is 0.417 e. The molecule has 3 heterocycles. The van der Waals surface area contributed by atoms with Gasteiger partial charge in [-0.05, 0) is 29.3 Å². The van der Waals surface area contributed by atoms with E-state index in [0.29, 0.717) is 13.2 Å². The minimum Gasteiger partial charge on any atom is -0.472 e. The maximum atomic E-state index is 12.7. The monoisotopic (exact) mass is 426 g/mol. The summed E-state index contributed by atoms with van der Waals surface area (Å²) in [6.07, 6.45) is -2.84. The third-order valence-electron chi connectivity index (χ3n) is 5.65. The molecule has 3 aromatic rings. The molecule has 2 aliphatic rings. The van der Waals surface area contributed by atoms with Gasteiger partial charge in [-0.2, -0.15) is 13.2 Å². The molecule has 31 heavy (non-hydrogen) atoms. The molecule has 1 aromatic heterocycles. The van der Waals surface area contributed by atoms with Crippen molar-refractivity contribution in [2.45, 2.75) is 24.8 Å². The molecule has 0 spiro atoms. The predicted octanol–water partition coefficient (Wildman–Crippen LogP) is 5.50. The van der Waals surface area contributed by atoms with E-state index in [1.54, 1.807) is 0 Å². The standard InChI is InChI=1S/C24H21F3N2O2/c25-24(26,27)18-7-9-23(28-13-18)31-19-10-11-29(14-19)21-8-6-17(12-20(21)22-15-30-22)16-4-2-1-3-5-16/h1-9,12-13,19,22H,10-11,14-15H2. The van der Waals surface area contributed by atoms with Crippen molar-refractivity contribution in [1.29, 1.82) is 0 Å². The Morgan fingerprint density at radius 3 is 2.48 bits per heavy atom. The molecule has 0 aliphatic carbocycles. The van der Waals surface area contributed by atoms with Crippen LogP contribution in [0.3, 0.4) is 0 Å². The first-order valence-corrected chi connectivity index (χ1v) is 10.2. The molecule has 2 aromatic carbocycles. The average Bonchev–Trinajstić information content (AvgIpc) is 3.53. The zero-order valence-electron chi connectivity index (χ0n) is 16.7. The van der Waals surface area contributed by atoms with E-state index < -0.39 is 11.7 Å². The van der Waals surface area contributed by atoms with Crippen LogP contribution in [-0.4, -0.2) is 30.8 Å². The Labute approximate surface area is 178 Å². The summed E-state index contributed by atoms with van der Waals surface area (Å²) in [5, 5.41) is 0. The minimum atomic E-state index is -4.40. The van der Waals surface area contributed by atoms with Gasteiger partial charge in [-0.1, -0.05) is 36.4 Å². The first kappa shape index (κ1) is 19.9. The van der Waals surface area contributed by atoms with Crippen LogP contribution in [0.15, 0.2) is 66.9 Å². The van der Waals surface area contributed by atoms with Gasteiger partial charge in [-0.15, -0.1) is 0 Å².